The second-order valence-electron chi connectivity index (χ2n) is 4.92. The lowest BCUT2D eigenvalue weighted by Crippen LogP contribution is -2.24. The summed E-state index contributed by atoms with van der Waals surface area (Å²) in [5.74, 6) is -0.0993. The highest BCUT2D eigenvalue weighted by molar-refractivity contribution is 6.14. The third kappa shape index (κ3) is 2.96. The zero-order valence-electron chi connectivity index (χ0n) is 10.8. The van der Waals surface area contributed by atoms with Gasteiger partial charge < -0.3 is 9.80 Å². The molecule has 0 N–H and O–H groups in total. The van der Waals surface area contributed by atoms with Gasteiger partial charge in [-0.3, -0.25) is 9.59 Å². The average molecular weight is 246 g/mol. The Kier molecular flexibility index (Phi) is 3.77. The summed E-state index contributed by atoms with van der Waals surface area (Å²) in [5.41, 5.74) is 2.06. The maximum Gasteiger partial charge on any atom is 0.234 e. The summed E-state index contributed by atoms with van der Waals surface area (Å²) < 4.78 is 0. The van der Waals surface area contributed by atoms with Crippen molar-refractivity contribution in [1.29, 1.82) is 0 Å². The van der Waals surface area contributed by atoms with Gasteiger partial charge >= 0.3 is 0 Å². The van der Waals surface area contributed by atoms with Crippen LogP contribution in [0.1, 0.15) is 12.0 Å². The number of carbonyl (C=O) groups is 2. The topological polar surface area (TPSA) is 40.6 Å². The van der Waals surface area contributed by atoms with Gasteiger partial charge in [0.05, 0.1) is 13.0 Å². The Labute approximate surface area is 107 Å². The van der Waals surface area contributed by atoms with E-state index < -0.39 is 0 Å². The van der Waals surface area contributed by atoms with Gasteiger partial charge in [0.1, 0.15) is 0 Å². The first-order valence-electron chi connectivity index (χ1n) is 6.12. The Balaban J connectivity index is 2.03. The highest BCUT2D eigenvalue weighted by Crippen LogP contribution is 2.20. The lowest BCUT2D eigenvalue weighted by molar-refractivity contribution is -0.121. The molecule has 0 aliphatic carbocycles. The number of ketones is 1. The lowest BCUT2D eigenvalue weighted by atomic mass is 10.1. The average Bonchev–Trinajstić information content (AvgIpc) is 2.66. The van der Waals surface area contributed by atoms with Crippen molar-refractivity contribution in [3.8, 4) is 0 Å². The molecule has 0 aromatic heterocycles. The molecule has 1 fully saturated rings. The molecule has 1 aliphatic heterocycles. The first kappa shape index (κ1) is 12.8. The SMILES string of the molecule is CN(C)CCc1ccc(N2CC(=O)CC2=O)cc1. The second kappa shape index (κ2) is 5.31. The van der Waals surface area contributed by atoms with Crippen molar-refractivity contribution in [2.24, 2.45) is 0 Å². The summed E-state index contributed by atoms with van der Waals surface area (Å²) in [4.78, 5) is 26.5. The fourth-order valence-corrected chi connectivity index (χ4v) is 2.02. The van der Waals surface area contributed by atoms with Crippen molar-refractivity contribution in [2.45, 2.75) is 12.8 Å². The van der Waals surface area contributed by atoms with E-state index in [9.17, 15) is 9.59 Å². The Morgan fingerprint density at radius 2 is 1.83 bits per heavy atom. The normalized spacial score (nSPS) is 15.8. The second-order valence-corrected chi connectivity index (χ2v) is 4.92. The van der Waals surface area contributed by atoms with Crippen LogP contribution >= 0.6 is 0 Å². The highest BCUT2D eigenvalue weighted by atomic mass is 16.2. The van der Waals surface area contributed by atoms with Crippen molar-refractivity contribution in [3.05, 3.63) is 29.8 Å². The van der Waals surface area contributed by atoms with E-state index >= 15 is 0 Å². The summed E-state index contributed by atoms with van der Waals surface area (Å²) in [6.07, 6.45) is 1.03. The van der Waals surface area contributed by atoms with E-state index in [0.717, 1.165) is 18.7 Å². The molecule has 2 rings (SSSR count). The fourth-order valence-electron chi connectivity index (χ4n) is 2.02. The summed E-state index contributed by atoms with van der Waals surface area (Å²) in [6, 6.07) is 7.88. The van der Waals surface area contributed by atoms with Crippen LogP contribution in [0.15, 0.2) is 24.3 Å². The van der Waals surface area contributed by atoms with Gasteiger partial charge in [0.15, 0.2) is 5.78 Å². The molecule has 0 radical (unpaired) electrons. The van der Waals surface area contributed by atoms with Crippen molar-refractivity contribution in [3.63, 3.8) is 0 Å². The Bertz CT molecular complexity index is 451. The summed E-state index contributed by atoms with van der Waals surface area (Å²) in [6.45, 7) is 1.22. The third-order valence-electron chi connectivity index (χ3n) is 3.08. The number of Topliss-reactive ketones (excluding diaryl/α,β-unsaturated/α-hetero) is 1. The minimum Gasteiger partial charge on any atom is -0.309 e. The number of benzene rings is 1. The van der Waals surface area contributed by atoms with Gasteiger partial charge in [-0.1, -0.05) is 12.1 Å². The lowest BCUT2D eigenvalue weighted by Gasteiger charge is -2.15. The summed E-state index contributed by atoms with van der Waals surface area (Å²) in [5, 5.41) is 0. The molecule has 0 atom stereocenters. The smallest absolute Gasteiger partial charge is 0.234 e. The molecule has 1 aliphatic rings. The molecule has 0 spiro atoms. The molecule has 96 valence electrons. The van der Waals surface area contributed by atoms with Crippen molar-refractivity contribution >= 4 is 17.4 Å². The van der Waals surface area contributed by atoms with Gasteiger partial charge in [-0.15, -0.1) is 0 Å². The largest absolute Gasteiger partial charge is 0.309 e. The minimum atomic E-state index is -0.0963. The van der Waals surface area contributed by atoms with E-state index in [1.807, 2.05) is 38.4 Å². The van der Waals surface area contributed by atoms with Crippen LogP contribution in [-0.4, -0.2) is 43.8 Å². The standard InChI is InChI=1S/C14H18N2O2/c1-15(2)8-7-11-3-5-12(6-4-11)16-10-13(17)9-14(16)18/h3-6H,7-10H2,1-2H3. The van der Waals surface area contributed by atoms with Gasteiger partial charge in [0.2, 0.25) is 5.91 Å². The van der Waals surface area contributed by atoms with E-state index in [4.69, 9.17) is 0 Å². The fraction of sp³-hybridized carbons (Fsp3) is 0.429. The highest BCUT2D eigenvalue weighted by Gasteiger charge is 2.28. The Morgan fingerprint density at radius 1 is 1.17 bits per heavy atom. The number of hydrogen-bond acceptors (Lipinski definition) is 3. The van der Waals surface area contributed by atoms with Gasteiger partial charge in [0.25, 0.3) is 0 Å². The van der Waals surface area contributed by atoms with E-state index in [1.54, 1.807) is 4.90 Å². The maximum atomic E-state index is 11.6. The predicted molar refractivity (Wildman–Crippen MR) is 70.7 cm³/mol. The summed E-state index contributed by atoms with van der Waals surface area (Å²) in [7, 11) is 4.09. The van der Waals surface area contributed by atoms with Crippen LogP contribution in [-0.2, 0) is 16.0 Å². The molecular formula is C14H18N2O2. The first-order chi connectivity index (χ1) is 8.56. The van der Waals surface area contributed by atoms with Crippen LogP contribution in [0, 0.1) is 0 Å². The summed E-state index contributed by atoms with van der Waals surface area (Å²) >= 11 is 0. The molecule has 1 aromatic carbocycles. The molecule has 18 heavy (non-hydrogen) atoms. The van der Waals surface area contributed by atoms with Crippen molar-refractivity contribution in [1.82, 2.24) is 4.90 Å². The molecule has 1 heterocycles. The maximum absolute atomic E-state index is 11.6. The molecule has 1 saturated heterocycles. The van der Waals surface area contributed by atoms with Gasteiger partial charge in [-0.05, 0) is 38.2 Å². The number of carbonyl (C=O) groups excluding carboxylic acids is 2. The van der Waals surface area contributed by atoms with Crippen molar-refractivity contribution in [2.75, 3.05) is 32.1 Å². The van der Waals surface area contributed by atoms with Crippen LogP contribution in [0.4, 0.5) is 5.69 Å². The molecular weight excluding hydrogens is 228 g/mol. The van der Waals surface area contributed by atoms with Gasteiger partial charge in [-0.25, -0.2) is 0 Å². The van der Waals surface area contributed by atoms with Gasteiger partial charge in [-0.2, -0.15) is 0 Å². The first-order valence-corrected chi connectivity index (χ1v) is 6.12. The van der Waals surface area contributed by atoms with Crippen LogP contribution in [0.25, 0.3) is 0 Å². The molecule has 1 amide bonds. The van der Waals surface area contributed by atoms with Crippen LogP contribution in [0.3, 0.4) is 0 Å². The predicted octanol–water partition coefficient (Wildman–Crippen LogP) is 1.10. The van der Waals surface area contributed by atoms with E-state index in [2.05, 4.69) is 4.90 Å². The number of hydrogen-bond donors (Lipinski definition) is 0. The number of likely N-dealkylation sites (N-methyl/N-ethyl adjacent to an activating group) is 1. The number of amides is 1. The monoisotopic (exact) mass is 246 g/mol. The molecule has 4 heteroatoms. The quantitative estimate of drug-likeness (QED) is 0.747. The Hall–Kier alpha value is -1.68. The Morgan fingerprint density at radius 3 is 2.33 bits per heavy atom. The molecule has 0 unspecified atom stereocenters. The number of anilines is 1. The van der Waals surface area contributed by atoms with E-state index in [1.165, 1.54) is 5.56 Å². The molecule has 0 saturated carbocycles. The molecule has 1 aromatic rings. The third-order valence-corrected chi connectivity index (χ3v) is 3.08. The minimum absolute atomic E-state index is 0.00307. The van der Waals surface area contributed by atoms with Crippen molar-refractivity contribution < 1.29 is 9.59 Å². The zero-order chi connectivity index (χ0) is 13.1. The zero-order valence-corrected chi connectivity index (χ0v) is 10.8. The number of rotatable bonds is 4. The van der Waals surface area contributed by atoms with Crippen LogP contribution < -0.4 is 4.90 Å². The van der Waals surface area contributed by atoms with Gasteiger partial charge in [0, 0.05) is 12.2 Å². The number of nitrogens with zero attached hydrogens (tertiary/aromatic N) is 2. The van der Waals surface area contributed by atoms with E-state index in [-0.39, 0.29) is 24.7 Å². The van der Waals surface area contributed by atoms with Crippen LogP contribution in [0.2, 0.25) is 0 Å². The van der Waals surface area contributed by atoms with Crippen LogP contribution in [0.5, 0.6) is 0 Å². The van der Waals surface area contributed by atoms with E-state index in [0.29, 0.717) is 0 Å². The molecule has 0 bridgehead atoms. The molecule has 4 nitrogen and oxygen atoms in total.